The molecule has 0 aromatic rings. The normalized spacial score (nSPS) is 13.3. The molecule has 0 radical (unpaired) electrons. The Hall–Kier alpha value is -1.66. The number of amides is 1. The number of esters is 1. The van der Waals surface area contributed by atoms with E-state index < -0.39 is 18.2 Å². The molecule has 3 N–H and O–H groups in total. The van der Waals surface area contributed by atoms with Crippen LogP contribution in [0.1, 0.15) is 290 Å². The molecule has 0 aliphatic rings. The molecule has 0 aromatic carbocycles. The van der Waals surface area contributed by atoms with Crippen LogP contribution in [0.5, 0.6) is 0 Å². The Morgan fingerprint density at radius 2 is 0.869 bits per heavy atom. The summed E-state index contributed by atoms with van der Waals surface area (Å²) in [5, 5.41) is 23.7. The molecule has 6 nitrogen and oxygen atoms in total. The van der Waals surface area contributed by atoms with E-state index in [1.54, 1.807) is 0 Å². The van der Waals surface area contributed by atoms with Gasteiger partial charge >= 0.3 is 5.97 Å². The second-order valence-electron chi connectivity index (χ2n) is 18.6. The predicted molar refractivity (Wildman–Crippen MR) is 264 cm³/mol. The highest BCUT2D eigenvalue weighted by Crippen LogP contribution is 2.17. The number of hydrogen-bond acceptors (Lipinski definition) is 5. The summed E-state index contributed by atoms with van der Waals surface area (Å²) in [7, 11) is 0. The number of aliphatic hydroxyl groups excluding tert-OH is 2. The molecule has 0 heterocycles. The van der Waals surface area contributed by atoms with Crippen molar-refractivity contribution in [3.63, 3.8) is 0 Å². The van der Waals surface area contributed by atoms with Gasteiger partial charge in [-0.3, -0.25) is 9.59 Å². The largest absolute Gasteiger partial charge is 0.458 e. The number of nitrogens with one attached hydrogen (secondary N) is 1. The smallest absolute Gasteiger partial charge is 0.306 e. The van der Waals surface area contributed by atoms with Gasteiger partial charge in [-0.2, -0.15) is 0 Å². The summed E-state index contributed by atoms with van der Waals surface area (Å²) in [5.41, 5.74) is 0. The molecule has 0 aliphatic carbocycles. The van der Waals surface area contributed by atoms with Crippen molar-refractivity contribution in [3.05, 3.63) is 24.3 Å². The minimum absolute atomic E-state index is 0.0231. The first-order chi connectivity index (χ1) is 30.0. The van der Waals surface area contributed by atoms with E-state index in [0.717, 1.165) is 51.4 Å². The van der Waals surface area contributed by atoms with E-state index in [0.29, 0.717) is 12.8 Å². The van der Waals surface area contributed by atoms with Gasteiger partial charge in [0.05, 0.1) is 25.2 Å². The fourth-order valence-corrected chi connectivity index (χ4v) is 8.40. The molecule has 3 unspecified atom stereocenters. The topological polar surface area (TPSA) is 95.9 Å². The van der Waals surface area contributed by atoms with E-state index in [2.05, 4.69) is 38.2 Å². The number of aliphatic hydroxyl groups is 2. The van der Waals surface area contributed by atoms with Crippen LogP contribution in [0.25, 0.3) is 0 Å². The number of hydrogen-bond donors (Lipinski definition) is 3. The standard InChI is InChI=1S/C55H105NO5/c1-4-7-10-13-16-19-22-24-25-26-27-28-29-30-33-36-39-42-45-48-55(60)61-51(46-43-40-37-34-31-21-18-15-12-9-6-3)49-54(59)56-52(50-57)53(58)47-44-41-38-35-32-23-20-17-14-11-8-5-2/h34,37,43,46,51-53,57-58H,4-33,35-36,38-42,44-45,47-50H2,1-3H3,(H,56,59)/b37-34-,46-43+. The van der Waals surface area contributed by atoms with Crippen LogP contribution in [0.2, 0.25) is 0 Å². The lowest BCUT2D eigenvalue weighted by atomic mass is 10.0. The first kappa shape index (κ1) is 59.3. The van der Waals surface area contributed by atoms with Gasteiger partial charge in [0, 0.05) is 6.42 Å². The van der Waals surface area contributed by atoms with Crippen molar-refractivity contribution >= 4 is 11.9 Å². The molecule has 360 valence electrons. The van der Waals surface area contributed by atoms with Gasteiger partial charge in [-0.25, -0.2) is 0 Å². The lowest BCUT2D eigenvalue weighted by Crippen LogP contribution is -2.46. The summed E-state index contributed by atoms with van der Waals surface area (Å²) in [5.74, 6) is -0.587. The van der Waals surface area contributed by atoms with Gasteiger partial charge in [0.1, 0.15) is 6.10 Å². The molecule has 1 amide bonds. The van der Waals surface area contributed by atoms with E-state index in [1.807, 2.05) is 12.2 Å². The Morgan fingerprint density at radius 3 is 1.28 bits per heavy atom. The molecule has 0 bridgehead atoms. The monoisotopic (exact) mass is 860 g/mol. The minimum Gasteiger partial charge on any atom is -0.458 e. The van der Waals surface area contributed by atoms with Crippen LogP contribution in [0.15, 0.2) is 24.3 Å². The highest BCUT2D eigenvalue weighted by atomic mass is 16.5. The van der Waals surface area contributed by atoms with Crippen molar-refractivity contribution < 1.29 is 24.5 Å². The van der Waals surface area contributed by atoms with E-state index >= 15 is 0 Å². The first-order valence-electron chi connectivity index (χ1n) is 27.1. The van der Waals surface area contributed by atoms with E-state index in [4.69, 9.17) is 4.74 Å². The summed E-state index contributed by atoms with van der Waals surface area (Å²) < 4.78 is 5.84. The van der Waals surface area contributed by atoms with Crippen LogP contribution < -0.4 is 5.32 Å². The molecule has 3 atom stereocenters. The fourth-order valence-electron chi connectivity index (χ4n) is 8.40. The van der Waals surface area contributed by atoms with Gasteiger partial charge in [0.15, 0.2) is 0 Å². The molecule has 0 saturated heterocycles. The molecule has 0 saturated carbocycles. The van der Waals surface area contributed by atoms with Crippen molar-refractivity contribution in [3.8, 4) is 0 Å². The van der Waals surface area contributed by atoms with Crippen LogP contribution in [-0.2, 0) is 14.3 Å². The fraction of sp³-hybridized carbons (Fsp3) is 0.891. The van der Waals surface area contributed by atoms with Crippen molar-refractivity contribution in [2.75, 3.05) is 6.61 Å². The zero-order valence-corrected chi connectivity index (χ0v) is 41.1. The number of unbranched alkanes of at least 4 members (excludes halogenated alkanes) is 35. The van der Waals surface area contributed by atoms with Crippen molar-refractivity contribution in [1.82, 2.24) is 5.32 Å². The maximum Gasteiger partial charge on any atom is 0.306 e. The molecule has 0 rings (SSSR count). The Labute approximate surface area is 380 Å². The predicted octanol–water partition coefficient (Wildman–Crippen LogP) is 16.3. The molecular weight excluding hydrogens is 755 g/mol. The molecule has 0 spiro atoms. The maximum absolute atomic E-state index is 13.2. The molecule has 0 aliphatic heterocycles. The number of carbonyl (C=O) groups is 2. The summed E-state index contributed by atoms with van der Waals surface area (Å²) >= 11 is 0. The van der Waals surface area contributed by atoms with Crippen LogP contribution in [0, 0.1) is 0 Å². The van der Waals surface area contributed by atoms with Crippen LogP contribution in [0.4, 0.5) is 0 Å². The number of allylic oxidation sites excluding steroid dienone is 3. The average molecular weight is 860 g/mol. The third-order valence-corrected chi connectivity index (χ3v) is 12.5. The maximum atomic E-state index is 13.2. The van der Waals surface area contributed by atoms with E-state index in [9.17, 15) is 19.8 Å². The van der Waals surface area contributed by atoms with Crippen LogP contribution in [0.3, 0.4) is 0 Å². The van der Waals surface area contributed by atoms with Gasteiger partial charge in [0.2, 0.25) is 5.91 Å². The zero-order valence-electron chi connectivity index (χ0n) is 41.1. The molecule has 6 heteroatoms. The number of carbonyl (C=O) groups excluding carboxylic acids is 2. The quantitative estimate of drug-likeness (QED) is 0.0322. The number of rotatable bonds is 49. The average Bonchev–Trinajstić information content (AvgIpc) is 3.25. The first-order valence-corrected chi connectivity index (χ1v) is 27.1. The van der Waals surface area contributed by atoms with Crippen molar-refractivity contribution in [2.45, 2.75) is 309 Å². The molecule has 0 aromatic heterocycles. The van der Waals surface area contributed by atoms with Crippen LogP contribution >= 0.6 is 0 Å². The van der Waals surface area contributed by atoms with Gasteiger partial charge in [-0.15, -0.1) is 0 Å². The molecular formula is C55H105NO5. The molecule has 0 fully saturated rings. The Kier molecular flexibility index (Phi) is 48.0. The van der Waals surface area contributed by atoms with Gasteiger partial charge in [0.25, 0.3) is 0 Å². The highest BCUT2D eigenvalue weighted by molar-refractivity contribution is 5.78. The van der Waals surface area contributed by atoms with Gasteiger partial charge < -0.3 is 20.3 Å². The third kappa shape index (κ3) is 44.7. The summed E-state index contributed by atoms with van der Waals surface area (Å²) in [6.07, 6.45) is 57.1. The van der Waals surface area contributed by atoms with Gasteiger partial charge in [-0.1, -0.05) is 264 Å². The Balaban J connectivity index is 4.49. The second kappa shape index (κ2) is 49.4. The SMILES string of the molecule is CCCCCCCC/C=C\C/C=C/C(CC(=O)NC(CO)C(O)CCCCCCCCCCCCCC)OC(=O)CCCCCCCCCCCCCCCCCCCCC. The lowest BCUT2D eigenvalue weighted by molar-refractivity contribution is -0.148. The lowest BCUT2D eigenvalue weighted by Gasteiger charge is -2.23. The summed E-state index contributed by atoms with van der Waals surface area (Å²) in [6.45, 7) is 6.46. The van der Waals surface area contributed by atoms with E-state index in [1.165, 1.54) is 199 Å². The number of ether oxygens (including phenoxy) is 1. The highest BCUT2D eigenvalue weighted by Gasteiger charge is 2.23. The summed E-state index contributed by atoms with van der Waals surface area (Å²) in [4.78, 5) is 26.1. The van der Waals surface area contributed by atoms with Crippen molar-refractivity contribution in [1.29, 1.82) is 0 Å². The van der Waals surface area contributed by atoms with Gasteiger partial charge in [-0.05, 0) is 38.2 Å². The summed E-state index contributed by atoms with van der Waals surface area (Å²) in [6, 6.07) is -0.727. The minimum atomic E-state index is -0.806. The Morgan fingerprint density at radius 1 is 0.492 bits per heavy atom. The third-order valence-electron chi connectivity index (χ3n) is 12.5. The molecule has 61 heavy (non-hydrogen) atoms. The van der Waals surface area contributed by atoms with Crippen LogP contribution in [-0.4, -0.2) is 46.9 Å². The Bertz CT molecular complexity index is 966. The van der Waals surface area contributed by atoms with E-state index in [-0.39, 0.29) is 24.9 Å². The zero-order chi connectivity index (χ0) is 44.5. The van der Waals surface area contributed by atoms with Crippen molar-refractivity contribution in [2.24, 2.45) is 0 Å². The second-order valence-corrected chi connectivity index (χ2v) is 18.6.